The second-order valence-electron chi connectivity index (χ2n) is 7.97. The molecule has 0 spiro atoms. The molecule has 4 rings (SSSR count). The van der Waals surface area contributed by atoms with Crippen molar-refractivity contribution in [1.82, 2.24) is 10.2 Å². The zero-order chi connectivity index (χ0) is 22.0. The van der Waals surface area contributed by atoms with Crippen LogP contribution in [0, 0.1) is 6.92 Å². The molecule has 0 bridgehead atoms. The van der Waals surface area contributed by atoms with E-state index in [0.29, 0.717) is 11.1 Å². The molecule has 5 heteroatoms. The van der Waals surface area contributed by atoms with E-state index >= 15 is 0 Å². The standard InChI is InChI=1S/C26H24N2O3/c1-18-13-14-21-22(17-18)25(31)28(24(21)30)16-15-23(29)27-26(2,19-9-5-3-6-10-19)20-11-7-4-8-12-20/h3-14,17H,15-16H2,1-2H3,(H,27,29). The number of carbonyl (C=O) groups excluding carboxylic acids is 3. The molecule has 3 aromatic rings. The second kappa shape index (κ2) is 8.19. The van der Waals surface area contributed by atoms with Gasteiger partial charge in [0.15, 0.2) is 0 Å². The van der Waals surface area contributed by atoms with Gasteiger partial charge in [-0.3, -0.25) is 19.3 Å². The van der Waals surface area contributed by atoms with Gasteiger partial charge in [0.25, 0.3) is 11.8 Å². The van der Waals surface area contributed by atoms with Crippen LogP contribution >= 0.6 is 0 Å². The predicted molar refractivity (Wildman–Crippen MR) is 119 cm³/mol. The van der Waals surface area contributed by atoms with E-state index in [1.54, 1.807) is 12.1 Å². The topological polar surface area (TPSA) is 66.5 Å². The lowest BCUT2D eigenvalue weighted by Gasteiger charge is -2.32. The van der Waals surface area contributed by atoms with Crippen molar-refractivity contribution in [3.05, 3.63) is 107 Å². The molecule has 1 aliphatic heterocycles. The van der Waals surface area contributed by atoms with Gasteiger partial charge in [-0.05, 0) is 37.1 Å². The number of hydrogen-bond donors (Lipinski definition) is 1. The Hall–Kier alpha value is -3.73. The summed E-state index contributed by atoms with van der Waals surface area (Å²) in [6, 6.07) is 24.7. The molecule has 1 N–H and O–H groups in total. The van der Waals surface area contributed by atoms with Crippen molar-refractivity contribution < 1.29 is 14.4 Å². The summed E-state index contributed by atoms with van der Waals surface area (Å²) in [6.45, 7) is 3.87. The molecule has 31 heavy (non-hydrogen) atoms. The summed E-state index contributed by atoms with van der Waals surface area (Å²) in [5, 5.41) is 3.12. The van der Waals surface area contributed by atoms with Crippen LogP contribution in [0.25, 0.3) is 0 Å². The number of fused-ring (bicyclic) bond motifs is 1. The van der Waals surface area contributed by atoms with Crippen molar-refractivity contribution in [3.63, 3.8) is 0 Å². The minimum atomic E-state index is -0.737. The lowest BCUT2D eigenvalue weighted by atomic mass is 9.84. The minimum Gasteiger partial charge on any atom is -0.343 e. The fourth-order valence-corrected chi connectivity index (χ4v) is 4.02. The van der Waals surface area contributed by atoms with E-state index in [1.165, 1.54) is 0 Å². The fourth-order valence-electron chi connectivity index (χ4n) is 4.02. The number of nitrogens with one attached hydrogen (secondary N) is 1. The summed E-state index contributed by atoms with van der Waals surface area (Å²) >= 11 is 0. The highest BCUT2D eigenvalue weighted by Crippen LogP contribution is 2.29. The lowest BCUT2D eigenvalue weighted by Crippen LogP contribution is -2.45. The molecule has 0 aromatic heterocycles. The number of imide groups is 1. The maximum absolute atomic E-state index is 12.9. The third-order valence-electron chi connectivity index (χ3n) is 5.78. The number of amides is 3. The molecular weight excluding hydrogens is 388 g/mol. The van der Waals surface area contributed by atoms with Crippen LogP contribution in [0.5, 0.6) is 0 Å². The molecule has 0 atom stereocenters. The predicted octanol–water partition coefficient (Wildman–Crippen LogP) is 4.06. The first-order valence-electron chi connectivity index (χ1n) is 10.3. The highest BCUT2D eigenvalue weighted by atomic mass is 16.2. The van der Waals surface area contributed by atoms with E-state index in [-0.39, 0.29) is 30.7 Å². The molecule has 3 amide bonds. The monoisotopic (exact) mass is 412 g/mol. The van der Waals surface area contributed by atoms with Gasteiger partial charge in [0.2, 0.25) is 5.91 Å². The number of nitrogens with zero attached hydrogens (tertiary/aromatic N) is 1. The number of benzene rings is 3. The third kappa shape index (κ3) is 3.87. The summed E-state index contributed by atoms with van der Waals surface area (Å²) in [5.74, 6) is -0.921. The first-order valence-corrected chi connectivity index (χ1v) is 10.3. The van der Waals surface area contributed by atoms with Gasteiger partial charge in [-0.15, -0.1) is 0 Å². The molecule has 0 saturated carbocycles. The Morgan fingerprint density at radius 3 is 1.97 bits per heavy atom. The normalized spacial score (nSPS) is 13.3. The fraction of sp³-hybridized carbons (Fsp3) is 0.192. The zero-order valence-corrected chi connectivity index (χ0v) is 17.6. The van der Waals surface area contributed by atoms with Crippen LogP contribution in [0.2, 0.25) is 0 Å². The number of rotatable bonds is 6. The van der Waals surface area contributed by atoms with Crippen LogP contribution in [0.4, 0.5) is 0 Å². The van der Waals surface area contributed by atoms with Crippen molar-refractivity contribution >= 4 is 17.7 Å². The highest BCUT2D eigenvalue weighted by molar-refractivity contribution is 6.21. The maximum Gasteiger partial charge on any atom is 0.261 e. The number of hydrogen-bond acceptors (Lipinski definition) is 3. The van der Waals surface area contributed by atoms with Gasteiger partial charge in [-0.1, -0.05) is 72.3 Å². The summed E-state index contributed by atoms with van der Waals surface area (Å²) < 4.78 is 0. The molecule has 1 aliphatic rings. The molecule has 156 valence electrons. The summed E-state index contributed by atoms with van der Waals surface area (Å²) in [4.78, 5) is 39.4. The molecule has 3 aromatic carbocycles. The molecule has 5 nitrogen and oxygen atoms in total. The quantitative estimate of drug-likeness (QED) is 0.621. The molecule has 0 fully saturated rings. The van der Waals surface area contributed by atoms with E-state index < -0.39 is 5.54 Å². The van der Waals surface area contributed by atoms with E-state index in [4.69, 9.17) is 0 Å². The Morgan fingerprint density at radius 1 is 0.839 bits per heavy atom. The summed E-state index contributed by atoms with van der Waals surface area (Å²) in [5.41, 5.74) is 2.88. The van der Waals surface area contributed by atoms with Gasteiger partial charge in [0.05, 0.1) is 16.7 Å². The molecule has 1 heterocycles. The zero-order valence-electron chi connectivity index (χ0n) is 17.6. The summed E-state index contributed by atoms with van der Waals surface area (Å²) in [6.07, 6.45) is 0.0275. The second-order valence-corrected chi connectivity index (χ2v) is 7.97. The largest absolute Gasteiger partial charge is 0.343 e. The summed E-state index contributed by atoms with van der Waals surface area (Å²) in [7, 11) is 0. The van der Waals surface area contributed by atoms with E-state index in [1.807, 2.05) is 80.6 Å². The van der Waals surface area contributed by atoms with Gasteiger partial charge >= 0.3 is 0 Å². The van der Waals surface area contributed by atoms with Crippen molar-refractivity contribution in [2.24, 2.45) is 0 Å². The molecule has 0 radical (unpaired) electrons. The van der Waals surface area contributed by atoms with Crippen LogP contribution in [0.1, 0.15) is 50.8 Å². The minimum absolute atomic E-state index is 0.0275. The van der Waals surface area contributed by atoms with Crippen LogP contribution in [0.15, 0.2) is 78.9 Å². The van der Waals surface area contributed by atoms with Gasteiger partial charge in [-0.2, -0.15) is 0 Å². The van der Waals surface area contributed by atoms with Crippen molar-refractivity contribution in [3.8, 4) is 0 Å². The molecule has 0 aliphatic carbocycles. The van der Waals surface area contributed by atoms with Gasteiger partial charge in [-0.25, -0.2) is 0 Å². The first kappa shape index (κ1) is 20.5. The van der Waals surface area contributed by atoms with E-state index in [2.05, 4.69) is 5.32 Å². The van der Waals surface area contributed by atoms with Crippen molar-refractivity contribution in [2.45, 2.75) is 25.8 Å². The SMILES string of the molecule is Cc1ccc2c(c1)C(=O)N(CCC(=O)NC(C)(c1ccccc1)c1ccccc1)C2=O. The molecule has 0 unspecified atom stereocenters. The third-order valence-corrected chi connectivity index (χ3v) is 5.78. The van der Waals surface area contributed by atoms with Gasteiger partial charge in [0.1, 0.15) is 0 Å². The Labute approximate surface area is 181 Å². The van der Waals surface area contributed by atoms with Crippen molar-refractivity contribution in [1.29, 1.82) is 0 Å². The Morgan fingerprint density at radius 2 is 1.39 bits per heavy atom. The van der Waals surface area contributed by atoms with Crippen molar-refractivity contribution in [2.75, 3.05) is 6.54 Å². The van der Waals surface area contributed by atoms with E-state index in [0.717, 1.165) is 21.6 Å². The maximum atomic E-state index is 12.9. The Balaban J connectivity index is 1.51. The average molecular weight is 412 g/mol. The van der Waals surface area contributed by atoms with Crippen LogP contribution < -0.4 is 5.32 Å². The Kier molecular flexibility index (Phi) is 5.42. The van der Waals surface area contributed by atoms with Crippen LogP contribution in [-0.4, -0.2) is 29.2 Å². The number of aryl methyl sites for hydroxylation is 1. The van der Waals surface area contributed by atoms with E-state index in [9.17, 15) is 14.4 Å². The molecule has 0 saturated heterocycles. The van der Waals surface area contributed by atoms with Gasteiger partial charge < -0.3 is 5.32 Å². The smallest absolute Gasteiger partial charge is 0.261 e. The molecular formula is C26H24N2O3. The highest BCUT2D eigenvalue weighted by Gasteiger charge is 2.36. The Bertz CT molecular complexity index is 1100. The first-order chi connectivity index (χ1) is 14.9. The van der Waals surface area contributed by atoms with Crippen LogP contribution in [-0.2, 0) is 10.3 Å². The lowest BCUT2D eigenvalue weighted by molar-refractivity contribution is -0.122. The van der Waals surface area contributed by atoms with Gasteiger partial charge in [0, 0.05) is 13.0 Å². The number of carbonyl (C=O) groups is 3. The average Bonchev–Trinajstić information content (AvgIpc) is 3.02. The van der Waals surface area contributed by atoms with Crippen LogP contribution in [0.3, 0.4) is 0 Å².